The van der Waals surface area contributed by atoms with Crippen LogP contribution in [0.4, 0.5) is 42.5 Å². The van der Waals surface area contributed by atoms with Crippen LogP contribution < -0.4 is 15.0 Å². The number of carbonyl (C=O) groups excluding carboxylic acids is 2. The third kappa shape index (κ3) is 6.08. The van der Waals surface area contributed by atoms with Crippen molar-refractivity contribution in [1.29, 1.82) is 0 Å². The second kappa shape index (κ2) is 9.39. The zero-order valence-corrected chi connectivity index (χ0v) is 17.9. The maximum Gasteiger partial charge on any atom is 0.573 e. The Morgan fingerprint density at radius 1 is 1.18 bits per heavy atom. The van der Waals surface area contributed by atoms with E-state index in [-0.39, 0.29) is 23.8 Å². The molecular formula is C21H20F6N4O3. The first kappa shape index (κ1) is 25.1. The van der Waals surface area contributed by atoms with Crippen LogP contribution in [-0.2, 0) is 11.0 Å². The average Bonchev–Trinajstić information content (AvgIpc) is 3.03. The third-order valence-corrected chi connectivity index (χ3v) is 5.03. The Kier molecular flexibility index (Phi) is 6.94. The first-order valence-corrected chi connectivity index (χ1v) is 10.0. The summed E-state index contributed by atoms with van der Waals surface area (Å²) >= 11 is 0. The van der Waals surface area contributed by atoms with Gasteiger partial charge in [-0.25, -0.2) is 9.78 Å². The summed E-state index contributed by atoms with van der Waals surface area (Å²) < 4.78 is 79.4. The van der Waals surface area contributed by atoms with Crippen LogP contribution in [0.5, 0.6) is 5.75 Å². The molecule has 1 aromatic carbocycles. The van der Waals surface area contributed by atoms with Gasteiger partial charge < -0.3 is 15.0 Å². The molecule has 1 fully saturated rings. The Balaban J connectivity index is 1.72. The number of benzene rings is 1. The summed E-state index contributed by atoms with van der Waals surface area (Å²) in [5.74, 6) is -1.30. The van der Waals surface area contributed by atoms with Crippen molar-refractivity contribution in [3.8, 4) is 5.75 Å². The molecule has 0 aliphatic carbocycles. The molecule has 2 aromatic rings. The molecule has 184 valence electrons. The van der Waals surface area contributed by atoms with E-state index in [4.69, 9.17) is 0 Å². The summed E-state index contributed by atoms with van der Waals surface area (Å²) in [5, 5.41) is 2.42. The highest BCUT2D eigenvalue weighted by Crippen LogP contribution is 2.31. The van der Waals surface area contributed by atoms with Crippen LogP contribution in [0.15, 0.2) is 42.6 Å². The van der Waals surface area contributed by atoms with E-state index in [0.717, 1.165) is 30.5 Å². The zero-order chi connectivity index (χ0) is 25.3. The number of rotatable bonds is 6. The number of alkyl halides is 6. The Labute approximate surface area is 190 Å². The van der Waals surface area contributed by atoms with Crippen LogP contribution >= 0.6 is 0 Å². The van der Waals surface area contributed by atoms with Gasteiger partial charge in [-0.05, 0) is 30.2 Å². The predicted molar refractivity (Wildman–Crippen MR) is 109 cm³/mol. The maximum atomic E-state index is 13.0. The van der Waals surface area contributed by atoms with Crippen LogP contribution in [0.25, 0.3) is 0 Å². The third-order valence-electron chi connectivity index (χ3n) is 5.03. The van der Waals surface area contributed by atoms with Crippen molar-refractivity contribution in [1.82, 2.24) is 9.88 Å². The minimum Gasteiger partial charge on any atom is -0.406 e. The molecule has 0 bridgehead atoms. The quantitative estimate of drug-likeness (QED) is 0.585. The van der Waals surface area contributed by atoms with E-state index < -0.39 is 48.5 Å². The van der Waals surface area contributed by atoms with E-state index in [9.17, 15) is 35.9 Å². The van der Waals surface area contributed by atoms with Gasteiger partial charge >= 0.3 is 18.6 Å². The molecule has 1 atom stereocenters. The number of ether oxygens (including phenoxy) is 1. The Morgan fingerprint density at radius 2 is 1.88 bits per heavy atom. The second-order valence-electron chi connectivity index (χ2n) is 7.86. The summed E-state index contributed by atoms with van der Waals surface area (Å²) in [5.41, 5.74) is -0.928. The van der Waals surface area contributed by atoms with Crippen LogP contribution in [0.3, 0.4) is 0 Å². The molecule has 0 saturated carbocycles. The van der Waals surface area contributed by atoms with Gasteiger partial charge in [0.15, 0.2) is 0 Å². The second-order valence-corrected chi connectivity index (χ2v) is 7.86. The summed E-state index contributed by atoms with van der Waals surface area (Å²) in [6.45, 7) is 3.33. The van der Waals surface area contributed by atoms with Gasteiger partial charge in [0.25, 0.3) is 0 Å². The molecule has 0 spiro atoms. The fraction of sp³-hybridized carbons (Fsp3) is 0.381. The Bertz CT molecular complexity index is 1040. The molecule has 7 nitrogen and oxygen atoms in total. The van der Waals surface area contributed by atoms with Crippen molar-refractivity contribution in [2.75, 3.05) is 23.3 Å². The monoisotopic (exact) mass is 490 g/mol. The summed E-state index contributed by atoms with van der Waals surface area (Å²) in [6, 6.07) is 5.50. The van der Waals surface area contributed by atoms with E-state index >= 15 is 0 Å². The lowest BCUT2D eigenvalue weighted by Gasteiger charge is -2.25. The first-order chi connectivity index (χ1) is 15.7. The molecule has 1 saturated heterocycles. The van der Waals surface area contributed by atoms with Gasteiger partial charge in [0.2, 0.25) is 5.91 Å². The molecular weight excluding hydrogens is 470 g/mol. The van der Waals surface area contributed by atoms with Crippen LogP contribution in [-0.4, -0.2) is 47.3 Å². The molecule has 13 heteroatoms. The number of halogens is 6. The van der Waals surface area contributed by atoms with Gasteiger partial charge in [0.1, 0.15) is 18.0 Å². The van der Waals surface area contributed by atoms with Gasteiger partial charge in [-0.3, -0.25) is 9.69 Å². The van der Waals surface area contributed by atoms with Crippen molar-refractivity contribution in [3.05, 3.63) is 48.3 Å². The van der Waals surface area contributed by atoms with Crippen LogP contribution in [0.1, 0.15) is 19.5 Å². The molecule has 3 rings (SSSR count). The van der Waals surface area contributed by atoms with Gasteiger partial charge in [0.05, 0.1) is 17.9 Å². The summed E-state index contributed by atoms with van der Waals surface area (Å²) in [4.78, 5) is 31.4. The number of nitrogens with zero attached hydrogens (tertiary/aromatic N) is 3. The molecule has 3 amide bonds. The molecule has 34 heavy (non-hydrogen) atoms. The lowest BCUT2D eigenvalue weighted by atomic mass is 10.0. The number of hydrogen-bond donors (Lipinski definition) is 1. The molecule has 1 aromatic heterocycles. The zero-order valence-electron chi connectivity index (χ0n) is 17.9. The molecule has 0 unspecified atom stereocenters. The van der Waals surface area contributed by atoms with E-state index in [1.54, 1.807) is 0 Å². The Hall–Kier alpha value is -3.51. The predicted octanol–water partition coefficient (Wildman–Crippen LogP) is 4.90. The fourth-order valence-electron chi connectivity index (χ4n) is 3.47. The minimum absolute atomic E-state index is 0.0308. The van der Waals surface area contributed by atoms with Crippen molar-refractivity contribution in [2.45, 2.75) is 32.4 Å². The highest BCUT2D eigenvalue weighted by Gasteiger charge is 2.41. The molecule has 2 heterocycles. The van der Waals surface area contributed by atoms with Crippen LogP contribution in [0, 0.1) is 5.92 Å². The Morgan fingerprint density at radius 3 is 2.44 bits per heavy atom. The van der Waals surface area contributed by atoms with E-state index in [0.29, 0.717) is 0 Å². The van der Waals surface area contributed by atoms with Crippen molar-refractivity contribution in [2.24, 2.45) is 5.92 Å². The van der Waals surface area contributed by atoms with E-state index in [2.05, 4.69) is 15.0 Å². The van der Waals surface area contributed by atoms with Gasteiger partial charge in [-0.2, -0.15) is 13.2 Å². The fourth-order valence-corrected chi connectivity index (χ4v) is 3.47. The van der Waals surface area contributed by atoms with Crippen molar-refractivity contribution in [3.63, 3.8) is 0 Å². The lowest BCUT2D eigenvalue weighted by molar-refractivity contribution is -0.274. The molecule has 1 aliphatic rings. The number of hydrogen-bond acceptors (Lipinski definition) is 4. The molecule has 1 aliphatic heterocycles. The normalized spacial score (nSPS) is 16.9. The van der Waals surface area contributed by atoms with Gasteiger partial charge in [-0.1, -0.05) is 19.9 Å². The number of aromatic nitrogens is 1. The van der Waals surface area contributed by atoms with Crippen molar-refractivity contribution < 1.29 is 40.7 Å². The number of urea groups is 1. The number of amides is 3. The topological polar surface area (TPSA) is 74.8 Å². The first-order valence-electron chi connectivity index (χ1n) is 10.0. The largest absolute Gasteiger partial charge is 0.573 e. The number of pyridine rings is 1. The smallest absolute Gasteiger partial charge is 0.406 e. The standard InChI is InChI=1S/C21H20F6N4O3/c1-12(2)16-10-30(14-6-7-17(28-9-14)20(22,23)24)19(33)31(16)11-18(32)29-13-4-3-5-15(8-13)34-21(25,26)27/h3-9,12,16H,10-11H2,1-2H3,(H,29,32)/t16-/m1/s1. The lowest BCUT2D eigenvalue weighted by Crippen LogP contribution is -2.42. The highest BCUT2D eigenvalue weighted by atomic mass is 19.4. The highest BCUT2D eigenvalue weighted by molar-refractivity contribution is 5.99. The number of carbonyl (C=O) groups is 2. The number of anilines is 2. The van der Waals surface area contributed by atoms with Gasteiger partial charge in [0, 0.05) is 18.3 Å². The SMILES string of the molecule is CC(C)[C@H]1CN(c2ccc(C(F)(F)F)nc2)C(=O)N1CC(=O)Nc1cccc(OC(F)(F)F)c1. The summed E-state index contributed by atoms with van der Waals surface area (Å²) in [6.07, 6.45) is -8.58. The average molecular weight is 490 g/mol. The maximum absolute atomic E-state index is 13.0. The summed E-state index contributed by atoms with van der Waals surface area (Å²) in [7, 11) is 0. The number of nitrogens with one attached hydrogen (secondary N) is 1. The van der Waals surface area contributed by atoms with Crippen molar-refractivity contribution >= 4 is 23.3 Å². The van der Waals surface area contributed by atoms with Gasteiger partial charge in [-0.15, -0.1) is 13.2 Å². The molecule has 0 radical (unpaired) electrons. The van der Waals surface area contributed by atoms with E-state index in [1.165, 1.54) is 21.9 Å². The van der Waals surface area contributed by atoms with Crippen LogP contribution in [0.2, 0.25) is 0 Å². The molecule has 1 N–H and O–H groups in total. The van der Waals surface area contributed by atoms with E-state index in [1.807, 2.05) is 13.8 Å². The minimum atomic E-state index is -4.90.